The molecule has 0 bridgehead atoms. The van der Waals surface area contributed by atoms with E-state index in [0.29, 0.717) is 18.4 Å². The van der Waals surface area contributed by atoms with Crippen LogP contribution in [0.3, 0.4) is 0 Å². The minimum Gasteiger partial charge on any atom is -0.480 e. The van der Waals surface area contributed by atoms with E-state index in [1.54, 1.807) is 6.92 Å². The number of rotatable bonds is 15. The molecule has 0 spiro atoms. The number of hydrogen-bond acceptors (Lipinski definition) is 11. The molecule has 1 rings (SSSR count). The minimum atomic E-state index is -1.86. The van der Waals surface area contributed by atoms with Crippen molar-refractivity contribution in [2.75, 3.05) is 19.8 Å². The third kappa shape index (κ3) is 11.7. The maximum atomic E-state index is 12.1. The van der Waals surface area contributed by atoms with Crippen molar-refractivity contribution in [1.29, 1.82) is 0 Å². The van der Waals surface area contributed by atoms with Crippen LogP contribution in [0, 0.1) is 5.92 Å². The molecule has 214 valence electrons. The maximum absolute atomic E-state index is 12.1. The molecular weight excluding hydrogens is 502 g/mol. The molecule has 0 aromatic heterocycles. The number of benzene rings is 1. The van der Waals surface area contributed by atoms with E-state index in [0.717, 1.165) is 6.42 Å². The van der Waals surface area contributed by atoms with Crippen molar-refractivity contribution in [3.8, 4) is 11.5 Å². The lowest BCUT2D eigenvalue weighted by atomic mass is 9.86. The predicted octanol–water partition coefficient (Wildman–Crippen LogP) is 4.84. The second-order valence-corrected chi connectivity index (χ2v) is 9.03. The van der Waals surface area contributed by atoms with Crippen molar-refractivity contribution in [2.24, 2.45) is 11.7 Å². The number of carbonyl (C=O) groups is 4. The quantitative estimate of drug-likeness (QED) is 0.176. The van der Waals surface area contributed by atoms with E-state index in [2.05, 4.69) is 0 Å². The van der Waals surface area contributed by atoms with E-state index in [1.807, 2.05) is 20.8 Å². The summed E-state index contributed by atoms with van der Waals surface area (Å²) in [5, 5.41) is 9.86. The standard InChI is InChI=1S/C26H39NO11/c1-6-11-33-23(30)37-20-10-9-19(13-21(20)38-24(31)34-12-7-2)15-26(27,22(28)29)14-18(5)36-25(32)35-16-17(4)8-3/h9-10,13,17-18H,6-8,11-12,14-16,27H2,1-5H3,(H,28,29)/t17?,18-,26?/m0/s1. The summed E-state index contributed by atoms with van der Waals surface area (Å²) in [6.07, 6.45) is -2.36. The lowest BCUT2D eigenvalue weighted by molar-refractivity contribution is -0.144. The molecule has 0 amide bonds. The molecule has 0 aliphatic rings. The summed E-state index contributed by atoms with van der Waals surface area (Å²) in [7, 11) is 0. The Morgan fingerprint density at radius 2 is 1.47 bits per heavy atom. The highest BCUT2D eigenvalue weighted by Gasteiger charge is 2.37. The second kappa shape index (κ2) is 16.3. The zero-order chi connectivity index (χ0) is 28.7. The average molecular weight is 542 g/mol. The van der Waals surface area contributed by atoms with Crippen LogP contribution >= 0.6 is 0 Å². The van der Waals surface area contributed by atoms with Gasteiger partial charge in [-0.2, -0.15) is 0 Å². The molecule has 1 aromatic carbocycles. The number of carboxylic acid groups (broad SMARTS) is 1. The minimum absolute atomic E-state index is 0.107. The Balaban J connectivity index is 3.06. The van der Waals surface area contributed by atoms with Crippen LogP contribution in [-0.4, -0.2) is 61.0 Å². The third-order valence-corrected chi connectivity index (χ3v) is 5.32. The molecule has 3 N–H and O–H groups in total. The molecule has 12 heteroatoms. The molecule has 0 aliphatic carbocycles. The summed E-state index contributed by atoms with van der Waals surface area (Å²) in [5.74, 6) is -1.51. The highest BCUT2D eigenvalue weighted by atomic mass is 16.7. The molecule has 12 nitrogen and oxygen atoms in total. The Morgan fingerprint density at radius 1 is 0.895 bits per heavy atom. The fourth-order valence-electron chi connectivity index (χ4n) is 3.12. The first-order valence-corrected chi connectivity index (χ1v) is 12.6. The summed E-state index contributed by atoms with van der Waals surface area (Å²) >= 11 is 0. The number of carboxylic acids is 1. The molecule has 0 fully saturated rings. The molecule has 0 saturated heterocycles. The van der Waals surface area contributed by atoms with Gasteiger partial charge >= 0.3 is 24.4 Å². The van der Waals surface area contributed by atoms with Gasteiger partial charge in [-0.25, -0.2) is 14.4 Å². The van der Waals surface area contributed by atoms with Gasteiger partial charge in [-0.3, -0.25) is 4.79 Å². The fourth-order valence-corrected chi connectivity index (χ4v) is 3.12. The van der Waals surface area contributed by atoms with Crippen LogP contribution in [0.25, 0.3) is 0 Å². The Kier molecular flexibility index (Phi) is 14.0. The van der Waals surface area contributed by atoms with Crippen LogP contribution in [0.4, 0.5) is 14.4 Å². The summed E-state index contributed by atoms with van der Waals surface area (Å²) < 4.78 is 30.4. The molecule has 38 heavy (non-hydrogen) atoms. The first-order valence-electron chi connectivity index (χ1n) is 12.6. The summed E-state index contributed by atoms with van der Waals surface area (Å²) in [6.45, 7) is 9.40. The SMILES string of the molecule is CCCOC(=O)Oc1ccc(CC(N)(C[C@H](C)OC(=O)OCC(C)CC)C(=O)O)cc1OC(=O)OCCC. The van der Waals surface area contributed by atoms with Gasteiger partial charge in [0.2, 0.25) is 0 Å². The van der Waals surface area contributed by atoms with Crippen molar-refractivity contribution >= 4 is 24.4 Å². The van der Waals surface area contributed by atoms with Gasteiger partial charge in [0.1, 0.15) is 11.6 Å². The fraction of sp³-hybridized carbons (Fsp3) is 0.615. The maximum Gasteiger partial charge on any atom is 0.513 e. The van der Waals surface area contributed by atoms with Crippen LogP contribution in [0.2, 0.25) is 0 Å². The van der Waals surface area contributed by atoms with Gasteiger partial charge in [0, 0.05) is 12.8 Å². The van der Waals surface area contributed by atoms with E-state index < -0.39 is 36.1 Å². The first-order chi connectivity index (χ1) is 17.9. The Morgan fingerprint density at radius 3 is 2.00 bits per heavy atom. The molecule has 1 aromatic rings. The third-order valence-electron chi connectivity index (χ3n) is 5.32. The molecule has 0 aliphatic heterocycles. The predicted molar refractivity (Wildman–Crippen MR) is 135 cm³/mol. The summed E-state index contributed by atoms with van der Waals surface area (Å²) in [6, 6.07) is 4.09. The molecule has 3 atom stereocenters. The topological polar surface area (TPSA) is 170 Å². The van der Waals surface area contributed by atoms with Crippen molar-refractivity contribution in [3.05, 3.63) is 23.8 Å². The van der Waals surface area contributed by atoms with Crippen molar-refractivity contribution in [2.45, 2.75) is 78.4 Å². The monoisotopic (exact) mass is 541 g/mol. The van der Waals surface area contributed by atoms with Gasteiger partial charge < -0.3 is 39.3 Å². The largest absolute Gasteiger partial charge is 0.513 e. The summed E-state index contributed by atoms with van der Waals surface area (Å²) in [5.41, 5.74) is 4.69. The number of carbonyl (C=O) groups excluding carboxylic acids is 3. The number of ether oxygens (including phenoxy) is 6. The molecule has 0 saturated carbocycles. The van der Waals surface area contributed by atoms with Gasteiger partial charge in [-0.1, -0.05) is 40.2 Å². The van der Waals surface area contributed by atoms with E-state index in [4.69, 9.17) is 34.2 Å². The van der Waals surface area contributed by atoms with Crippen molar-refractivity contribution in [3.63, 3.8) is 0 Å². The molecular formula is C26H39NO11. The second-order valence-electron chi connectivity index (χ2n) is 9.03. The van der Waals surface area contributed by atoms with E-state index in [-0.39, 0.29) is 50.1 Å². The highest BCUT2D eigenvalue weighted by molar-refractivity contribution is 5.79. The van der Waals surface area contributed by atoms with Gasteiger partial charge in [0.05, 0.1) is 19.8 Å². The number of nitrogens with two attached hydrogens (primary N) is 1. The van der Waals surface area contributed by atoms with Crippen LogP contribution in [0.5, 0.6) is 11.5 Å². The van der Waals surface area contributed by atoms with Gasteiger partial charge in [0.15, 0.2) is 11.5 Å². The van der Waals surface area contributed by atoms with Crippen LogP contribution in [0.1, 0.15) is 65.9 Å². The van der Waals surface area contributed by atoms with Crippen LogP contribution in [-0.2, 0) is 30.2 Å². The van der Waals surface area contributed by atoms with Crippen molar-refractivity contribution < 1.29 is 52.7 Å². The van der Waals surface area contributed by atoms with Gasteiger partial charge in [-0.05, 0) is 43.4 Å². The number of hydrogen-bond donors (Lipinski definition) is 2. The van der Waals surface area contributed by atoms with Gasteiger partial charge in [-0.15, -0.1) is 0 Å². The molecule has 2 unspecified atom stereocenters. The Bertz CT molecular complexity index is 936. The smallest absolute Gasteiger partial charge is 0.480 e. The average Bonchev–Trinajstić information content (AvgIpc) is 2.85. The van der Waals surface area contributed by atoms with Gasteiger partial charge in [0.25, 0.3) is 0 Å². The molecule has 0 heterocycles. The van der Waals surface area contributed by atoms with Crippen LogP contribution in [0.15, 0.2) is 18.2 Å². The van der Waals surface area contributed by atoms with E-state index in [9.17, 15) is 24.3 Å². The lowest BCUT2D eigenvalue weighted by Gasteiger charge is -2.28. The Hall–Kier alpha value is -3.54. The molecule has 0 radical (unpaired) electrons. The van der Waals surface area contributed by atoms with Crippen LogP contribution < -0.4 is 15.2 Å². The zero-order valence-corrected chi connectivity index (χ0v) is 22.7. The van der Waals surface area contributed by atoms with E-state index in [1.165, 1.54) is 25.1 Å². The van der Waals surface area contributed by atoms with E-state index >= 15 is 0 Å². The normalized spacial score (nSPS) is 13.8. The first kappa shape index (κ1) is 32.5. The highest BCUT2D eigenvalue weighted by Crippen LogP contribution is 2.31. The summed E-state index contributed by atoms with van der Waals surface area (Å²) in [4.78, 5) is 48.0. The Labute approximate surface area is 222 Å². The van der Waals surface area contributed by atoms with Crippen molar-refractivity contribution in [1.82, 2.24) is 0 Å². The zero-order valence-electron chi connectivity index (χ0n) is 22.7. The number of aliphatic carboxylic acids is 1. The lowest BCUT2D eigenvalue weighted by Crippen LogP contribution is -2.52.